The van der Waals surface area contributed by atoms with Crippen molar-refractivity contribution in [1.82, 2.24) is 15.2 Å². The van der Waals surface area contributed by atoms with E-state index in [0.717, 1.165) is 10.2 Å². The maximum absolute atomic E-state index is 13.0. The van der Waals surface area contributed by atoms with Crippen LogP contribution in [0.4, 0.5) is 0 Å². The van der Waals surface area contributed by atoms with Gasteiger partial charge in [0.05, 0.1) is 10.2 Å². The molecule has 2 saturated heterocycles. The molecule has 34 heavy (non-hydrogen) atoms. The van der Waals surface area contributed by atoms with Gasteiger partial charge in [0, 0.05) is 4.75 Å². The zero-order chi connectivity index (χ0) is 23.9. The Morgan fingerprint density at radius 3 is 2.62 bits per heavy atom. The van der Waals surface area contributed by atoms with E-state index in [1.807, 2.05) is 56.3 Å². The number of carbonyl (C=O) groups excluding carboxylic acids is 3. The fourth-order valence-electron chi connectivity index (χ4n) is 4.20. The van der Waals surface area contributed by atoms with Crippen LogP contribution in [0.3, 0.4) is 0 Å². The number of amides is 2. The third-order valence-corrected chi connectivity index (χ3v) is 8.35. The minimum Gasteiger partial charge on any atom is -0.484 e. The summed E-state index contributed by atoms with van der Waals surface area (Å²) in [6.07, 6.45) is 0. The Hall–Kier alpha value is -3.11. The molecule has 2 aliphatic heterocycles. The Morgan fingerprint density at radius 2 is 1.85 bits per heavy atom. The predicted octanol–water partition coefficient (Wildman–Crippen LogP) is 2.97. The molecule has 2 aliphatic rings. The first kappa shape index (κ1) is 22.7. The van der Waals surface area contributed by atoms with E-state index in [4.69, 9.17) is 9.47 Å². The van der Waals surface area contributed by atoms with Gasteiger partial charge in [-0.15, -0.1) is 23.1 Å². The van der Waals surface area contributed by atoms with Gasteiger partial charge < -0.3 is 19.7 Å². The SMILES string of the molecule is CC1(C)S[C@@H]2[C@H](NC(=O)COc3ccccc3)C(=O)N2C1C(=O)OCc1nc2ccccc2s1. The predicted molar refractivity (Wildman–Crippen MR) is 129 cm³/mol. The number of thiazole rings is 1. The van der Waals surface area contributed by atoms with Crippen molar-refractivity contribution in [3.8, 4) is 5.75 Å². The molecule has 1 unspecified atom stereocenters. The lowest BCUT2D eigenvalue weighted by Crippen LogP contribution is -2.71. The summed E-state index contributed by atoms with van der Waals surface area (Å²) in [4.78, 5) is 44.3. The number of rotatable bonds is 7. The molecule has 8 nitrogen and oxygen atoms in total. The molecule has 1 N–H and O–H groups in total. The van der Waals surface area contributed by atoms with Crippen LogP contribution in [-0.2, 0) is 25.7 Å². The number of esters is 1. The fraction of sp³-hybridized carbons (Fsp3) is 0.333. The first-order valence-corrected chi connectivity index (χ1v) is 12.5. The van der Waals surface area contributed by atoms with Crippen molar-refractivity contribution in [2.45, 2.75) is 42.7 Å². The van der Waals surface area contributed by atoms with E-state index in [-0.39, 0.29) is 30.4 Å². The quantitative estimate of drug-likeness (QED) is 0.396. The number of hydrogen-bond acceptors (Lipinski definition) is 8. The third kappa shape index (κ3) is 4.23. The van der Waals surface area contributed by atoms with Gasteiger partial charge in [0.2, 0.25) is 5.91 Å². The van der Waals surface area contributed by atoms with Gasteiger partial charge in [-0.3, -0.25) is 9.59 Å². The van der Waals surface area contributed by atoms with Crippen LogP contribution >= 0.6 is 23.1 Å². The van der Waals surface area contributed by atoms with Gasteiger partial charge in [0.15, 0.2) is 6.61 Å². The smallest absolute Gasteiger partial charge is 0.330 e. The number of aromatic nitrogens is 1. The highest BCUT2D eigenvalue weighted by atomic mass is 32.2. The van der Waals surface area contributed by atoms with Gasteiger partial charge in [0.1, 0.15) is 34.8 Å². The minimum atomic E-state index is -0.738. The average molecular weight is 498 g/mol. The van der Waals surface area contributed by atoms with Crippen LogP contribution in [0.15, 0.2) is 54.6 Å². The first-order valence-electron chi connectivity index (χ1n) is 10.8. The zero-order valence-corrected chi connectivity index (χ0v) is 20.2. The van der Waals surface area contributed by atoms with Crippen LogP contribution < -0.4 is 10.1 Å². The lowest BCUT2D eigenvalue weighted by molar-refractivity contribution is -0.165. The van der Waals surface area contributed by atoms with Gasteiger partial charge >= 0.3 is 5.97 Å². The Morgan fingerprint density at radius 1 is 1.12 bits per heavy atom. The molecule has 3 heterocycles. The maximum Gasteiger partial charge on any atom is 0.330 e. The highest BCUT2D eigenvalue weighted by Crippen LogP contribution is 2.51. The third-order valence-electron chi connectivity index (χ3n) is 5.77. The monoisotopic (exact) mass is 497 g/mol. The van der Waals surface area contributed by atoms with Gasteiger partial charge in [-0.2, -0.15) is 0 Å². The number of β-lactam (4-membered cyclic amide) rings is 1. The Labute approximate surface area is 204 Å². The van der Waals surface area contributed by atoms with Crippen molar-refractivity contribution in [1.29, 1.82) is 0 Å². The van der Waals surface area contributed by atoms with E-state index in [9.17, 15) is 14.4 Å². The molecule has 176 valence electrons. The molecule has 2 amide bonds. The molecule has 2 aromatic carbocycles. The van der Waals surface area contributed by atoms with Crippen LogP contribution in [0.1, 0.15) is 18.9 Å². The average Bonchev–Trinajstić information content (AvgIpc) is 3.36. The summed E-state index contributed by atoms with van der Waals surface area (Å²) in [6, 6.07) is 15.3. The van der Waals surface area contributed by atoms with E-state index >= 15 is 0 Å². The molecule has 0 bridgehead atoms. The molecule has 0 saturated carbocycles. The van der Waals surface area contributed by atoms with Crippen molar-refractivity contribution in [2.24, 2.45) is 0 Å². The zero-order valence-electron chi connectivity index (χ0n) is 18.6. The molecule has 3 aromatic rings. The minimum absolute atomic E-state index is 0.0547. The highest BCUT2D eigenvalue weighted by Gasteiger charge is 2.64. The van der Waals surface area contributed by atoms with Crippen LogP contribution in [0.25, 0.3) is 10.2 Å². The summed E-state index contributed by atoms with van der Waals surface area (Å²) in [5.41, 5.74) is 0.864. The van der Waals surface area contributed by atoms with Crippen LogP contribution in [0.5, 0.6) is 5.75 Å². The molecule has 3 atom stereocenters. The number of para-hydroxylation sites is 2. The summed E-state index contributed by atoms with van der Waals surface area (Å²) >= 11 is 2.96. The maximum atomic E-state index is 13.0. The van der Waals surface area contributed by atoms with E-state index in [1.54, 1.807) is 12.1 Å². The van der Waals surface area contributed by atoms with E-state index < -0.39 is 22.8 Å². The van der Waals surface area contributed by atoms with Crippen LogP contribution in [0.2, 0.25) is 0 Å². The first-order chi connectivity index (χ1) is 16.3. The van der Waals surface area contributed by atoms with Crippen molar-refractivity contribution in [3.05, 3.63) is 59.6 Å². The summed E-state index contributed by atoms with van der Waals surface area (Å²) in [7, 11) is 0. The molecule has 0 spiro atoms. The topological polar surface area (TPSA) is 97.8 Å². The normalized spacial score (nSPS) is 22.7. The molecule has 1 aromatic heterocycles. The molecule has 2 fully saturated rings. The van der Waals surface area contributed by atoms with Crippen molar-refractivity contribution >= 4 is 51.1 Å². The highest BCUT2D eigenvalue weighted by molar-refractivity contribution is 8.01. The molecule has 5 rings (SSSR count). The number of fused-ring (bicyclic) bond motifs is 2. The standard InChI is InChI=1S/C24H23N3O5S2/c1-24(2)20(23(30)32-13-18-25-15-10-6-7-11-16(15)33-18)27-21(29)19(22(27)34-24)26-17(28)12-31-14-8-4-3-5-9-14/h3-11,19-20,22H,12-13H2,1-2H3,(H,26,28)/t19-,20?,22-/m1/s1. The van der Waals surface area contributed by atoms with Gasteiger partial charge in [-0.25, -0.2) is 9.78 Å². The lowest BCUT2D eigenvalue weighted by atomic mass is 9.96. The number of ether oxygens (including phenoxy) is 2. The van der Waals surface area contributed by atoms with Crippen molar-refractivity contribution in [3.63, 3.8) is 0 Å². The van der Waals surface area contributed by atoms with Crippen molar-refractivity contribution in [2.75, 3.05) is 6.61 Å². The Bertz CT molecular complexity index is 1210. The number of benzene rings is 2. The lowest BCUT2D eigenvalue weighted by Gasteiger charge is -2.43. The summed E-state index contributed by atoms with van der Waals surface area (Å²) in [6.45, 7) is 3.68. The van der Waals surface area contributed by atoms with Crippen molar-refractivity contribution < 1.29 is 23.9 Å². The number of nitrogens with one attached hydrogen (secondary N) is 1. The second-order valence-corrected chi connectivity index (χ2v) is 11.5. The largest absolute Gasteiger partial charge is 0.484 e. The van der Waals surface area contributed by atoms with Crippen LogP contribution in [-0.4, -0.2) is 56.5 Å². The molecule has 0 aliphatic carbocycles. The summed E-state index contributed by atoms with van der Waals surface area (Å²) < 4.78 is 11.5. The van der Waals surface area contributed by atoms with Gasteiger partial charge in [0.25, 0.3) is 5.91 Å². The summed E-state index contributed by atoms with van der Waals surface area (Å²) in [5, 5.41) is 3.11. The second-order valence-electron chi connectivity index (χ2n) is 8.59. The fourth-order valence-corrected chi connectivity index (χ4v) is 6.70. The molecule has 0 radical (unpaired) electrons. The number of carbonyl (C=O) groups is 3. The van der Waals surface area contributed by atoms with E-state index in [1.165, 1.54) is 28.0 Å². The number of thioether (sulfide) groups is 1. The van der Waals surface area contributed by atoms with Gasteiger partial charge in [-0.05, 0) is 38.1 Å². The Kier molecular flexibility index (Phi) is 5.95. The van der Waals surface area contributed by atoms with Crippen LogP contribution in [0, 0.1) is 0 Å². The number of nitrogens with zero attached hydrogens (tertiary/aromatic N) is 2. The number of hydrogen-bond donors (Lipinski definition) is 1. The molecular weight excluding hydrogens is 474 g/mol. The van der Waals surface area contributed by atoms with E-state index in [0.29, 0.717) is 10.8 Å². The van der Waals surface area contributed by atoms with Gasteiger partial charge in [-0.1, -0.05) is 30.3 Å². The van der Waals surface area contributed by atoms with E-state index in [2.05, 4.69) is 10.3 Å². The molecule has 10 heteroatoms. The Balaban J connectivity index is 1.19. The summed E-state index contributed by atoms with van der Waals surface area (Å²) in [5.74, 6) is -0.573. The second kappa shape index (κ2) is 8.92. The molecular formula is C24H23N3O5S2.